The number of hydrogen-bond donors (Lipinski definition) is 2. The largest absolute Gasteiger partial charge is 0.481 e. The second-order valence-corrected chi connectivity index (χ2v) is 6.78. The molecule has 5 heteroatoms. The van der Waals surface area contributed by atoms with Gasteiger partial charge < -0.3 is 15.3 Å². The molecule has 0 aliphatic carbocycles. The van der Waals surface area contributed by atoms with Gasteiger partial charge in [0, 0.05) is 19.1 Å². The molecule has 5 nitrogen and oxygen atoms in total. The number of carbonyl (C=O) groups excluding carboxylic acids is 1. The first-order chi connectivity index (χ1) is 9.24. The lowest BCUT2D eigenvalue weighted by atomic mass is 9.75. The zero-order chi connectivity index (χ0) is 15.3. The second-order valence-electron chi connectivity index (χ2n) is 6.78. The molecule has 116 valence electrons. The fourth-order valence-electron chi connectivity index (χ4n) is 2.72. The van der Waals surface area contributed by atoms with E-state index in [0.717, 1.165) is 25.9 Å². The van der Waals surface area contributed by atoms with Gasteiger partial charge in [-0.15, -0.1) is 0 Å². The molecular weight excluding hydrogens is 256 g/mol. The van der Waals surface area contributed by atoms with Gasteiger partial charge >= 0.3 is 12.0 Å². The zero-order valence-electron chi connectivity index (χ0n) is 13.1. The minimum atomic E-state index is -0.872. The van der Waals surface area contributed by atoms with Crippen molar-refractivity contribution in [3.63, 3.8) is 0 Å². The molecule has 1 aliphatic rings. The average Bonchev–Trinajstić information content (AvgIpc) is 2.36. The van der Waals surface area contributed by atoms with Crippen molar-refractivity contribution in [3.05, 3.63) is 0 Å². The predicted octanol–water partition coefficient (Wildman–Crippen LogP) is 2.71. The fraction of sp³-hybridized carbons (Fsp3) is 0.867. The summed E-state index contributed by atoms with van der Waals surface area (Å²) in [6.45, 7) is 10.1. The van der Waals surface area contributed by atoms with E-state index in [9.17, 15) is 9.59 Å². The lowest BCUT2D eigenvalue weighted by Crippen LogP contribution is -2.49. The molecule has 20 heavy (non-hydrogen) atoms. The van der Waals surface area contributed by atoms with Gasteiger partial charge in [0.15, 0.2) is 0 Å². The average molecular weight is 284 g/mol. The summed E-state index contributed by atoms with van der Waals surface area (Å²) in [6.07, 6.45) is 2.66. The van der Waals surface area contributed by atoms with E-state index < -0.39 is 5.97 Å². The summed E-state index contributed by atoms with van der Waals surface area (Å²) in [5.41, 5.74) is 0.290. The highest BCUT2D eigenvalue weighted by Crippen LogP contribution is 2.34. The Morgan fingerprint density at radius 3 is 2.25 bits per heavy atom. The smallest absolute Gasteiger partial charge is 0.317 e. The molecule has 1 saturated heterocycles. The Kier molecular flexibility index (Phi) is 5.84. The van der Waals surface area contributed by atoms with Crippen LogP contribution in [-0.2, 0) is 4.79 Å². The molecule has 2 N–H and O–H groups in total. The second kappa shape index (κ2) is 6.95. The van der Waals surface area contributed by atoms with E-state index in [2.05, 4.69) is 26.1 Å². The topological polar surface area (TPSA) is 69.6 Å². The molecule has 1 atom stereocenters. The summed E-state index contributed by atoms with van der Waals surface area (Å²) in [5, 5.41) is 11.6. The van der Waals surface area contributed by atoms with Crippen LogP contribution in [0.2, 0.25) is 0 Å². The van der Waals surface area contributed by atoms with Gasteiger partial charge in [-0.2, -0.15) is 0 Å². The molecule has 1 heterocycles. The first-order valence-electron chi connectivity index (χ1n) is 7.51. The van der Waals surface area contributed by atoms with Crippen LogP contribution in [0.3, 0.4) is 0 Å². The number of amides is 2. The van der Waals surface area contributed by atoms with Gasteiger partial charge in [0.25, 0.3) is 0 Å². The number of hydrogen-bond acceptors (Lipinski definition) is 2. The molecule has 1 rings (SSSR count). The maximum Gasteiger partial charge on any atom is 0.317 e. The Hall–Kier alpha value is -1.26. The Labute approximate surface area is 121 Å². The number of aliphatic carboxylic acids is 1. The summed E-state index contributed by atoms with van der Waals surface area (Å²) >= 11 is 0. The minimum absolute atomic E-state index is 0.0132. The number of rotatable bonds is 4. The molecule has 0 saturated carbocycles. The summed E-state index contributed by atoms with van der Waals surface area (Å²) in [4.78, 5) is 24.7. The zero-order valence-corrected chi connectivity index (χ0v) is 13.1. The number of carboxylic acid groups (broad SMARTS) is 1. The molecule has 0 radical (unpaired) electrons. The SMILES string of the molecule is CCC(CC(=O)O)NC(=O)N1CCC(C(C)(C)C)CC1. The van der Waals surface area contributed by atoms with E-state index >= 15 is 0 Å². The van der Waals surface area contributed by atoms with E-state index in [1.807, 2.05) is 11.8 Å². The number of piperidine rings is 1. The van der Waals surface area contributed by atoms with Gasteiger partial charge in [-0.05, 0) is 30.6 Å². The maximum atomic E-state index is 12.1. The first kappa shape index (κ1) is 16.8. The summed E-state index contributed by atoms with van der Waals surface area (Å²) < 4.78 is 0. The first-order valence-corrected chi connectivity index (χ1v) is 7.51. The number of nitrogens with zero attached hydrogens (tertiary/aromatic N) is 1. The van der Waals surface area contributed by atoms with Crippen molar-refractivity contribution in [2.24, 2.45) is 11.3 Å². The monoisotopic (exact) mass is 284 g/mol. The number of carboxylic acids is 1. The van der Waals surface area contributed by atoms with Crippen LogP contribution in [0.1, 0.15) is 53.4 Å². The van der Waals surface area contributed by atoms with Gasteiger partial charge in [-0.25, -0.2) is 4.79 Å². The highest BCUT2D eigenvalue weighted by molar-refractivity contribution is 5.76. The molecule has 0 aromatic heterocycles. The lowest BCUT2D eigenvalue weighted by molar-refractivity contribution is -0.137. The summed E-state index contributed by atoms with van der Waals surface area (Å²) in [7, 11) is 0. The Morgan fingerprint density at radius 2 is 1.85 bits per heavy atom. The van der Waals surface area contributed by atoms with Crippen molar-refractivity contribution in [2.75, 3.05) is 13.1 Å². The van der Waals surface area contributed by atoms with E-state index in [0.29, 0.717) is 12.3 Å². The van der Waals surface area contributed by atoms with Crippen LogP contribution in [0.15, 0.2) is 0 Å². The van der Waals surface area contributed by atoms with Crippen LogP contribution in [0.5, 0.6) is 0 Å². The highest BCUT2D eigenvalue weighted by Gasteiger charge is 2.30. The molecule has 1 fully saturated rings. The molecule has 0 bridgehead atoms. The van der Waals surface area contributed by atoms with Crippen molar-refractivity contribution in [3.8, 4) is 0 Å². The normalized spacial score (nSPS) is 18.7. The summed E-state index contributed by atoms with van der Waals surface area (Å²) in [5.74, 6) is -0.226. The molecule has 1 unspecified atom stereocenters. The molecule has 1 aliphatic heterocycles. The number of urea groups is 1. The van der Waals surface area contributed by atoms with Gasteiger partial charge in [0.05, 0.1) is 6.42 Å². The van der Waals surface area contributed by atoms with Crippen molar-refractivity contribution in [1.29, 1.82) is 0 Å². The van der Waals surface area contributed by atoms with Gasteiger partial charge in [-0.3, -0.25) is 4.79 Å². The number of carbonyl (C=O) groups is 2. The third kappa shape index (κ3) is 5.02. The van der Waals surface area contributed by atoms with Gasteiger partial charge in [0.1, 0.15) is 0 Å². The van der Waals surface area contributed by atoms with E-state index in [1.54, 1.807) is 0 Å². The van der Waals surface area contributed by atoms with Crippen molar-refractivity contribution >= 4 is 12.0 Å². The van der Waals surface area contributed by atoms with Crippen molar-refractivity contribution < 1.29 is 14.7 Å². The van der Waals surface area contributed by atoms with Gasteiger partial charge in [0.2, 0.25) is 0 Å². The highest BCUT2D eigenvalue weighted by atomic mass is 16.4. The van der Waals surface area contributed by atoms with Crippen molar-refractivity contribution in [2.45, 2.75) is 59.4 Å². The molecular formula is C15H28N2O3. The third-order valence-corrected chi connectivity index (χ3v) is 4.25. The predicted molar refractivity (Wildman–Crippen MR) is 78.6 cm³/mol. The van der Waals surface area contributed by atoms with Crippen LogP contribution in [0.4, 0.5) is 4.79 Å². The van der Waals surface area contributed by atoms with E-state index in [-0.39, 0.29) is 23.9 Å². The van der Waals surface area contributed by atoms with Crippen LogP contribution in [0, 0.1) is 11.3 Å². The van der Waals surface area contributed by atoms with Gasteiger partial charge in [-0.1, -0.05) is 27.7 Å². The molecule has 0 spiro atoms. The fourth-order valence-corrected chi connectivity index (χ4v) is 2.72. The van der Waals surface area contributed by atoms with Crippen molar-refractivity contribution in [1.82, 2.24) is 10.2 Å². The standard InChI is InChI=1S/C15H28N2O3/c1-5-12(10-13(18)19)16-14(20)17-8-6-11(7-9-17)15(2,3)4/h11-12H,5-10H2,1-4H3,(H,16,20)(H,18,19). The molecule has 0 aromatic carbocycles. The van der Waals surface area contributed by atoms with Crippen LogP contribution in [-0.4, -0.2) is 41.1 Å². The minimum Gasteiger partial charge on any atom is -0.481 e. The van der Waals surface area contributed by atoms with Crippen LogP contribution in [0.25, 0.3) is 0 Å². The molecule has 2 amide bonds. The Bertz CT molecular complexity index is 342. The number of nitrogens with one attached hydrogen (secondary N) is 1. The van der Waals surface area contributed by atoms with Crippen LogP contribution < -0.4 is 5.32 Å². The number of likely N-dealkylation sites (tertiary alicyclic amines) is 1. The van der Waals surface area contributed by atoms with Crippen LogP contribution >= 0.6 is 0 Å². The Balaban J connectivity index is 2.44. The Morgan fingerprint density at radius 1 is 1.30 bits per heavy atom. The molecule has 0 aromatic rings. The lowest BCUT2D eigenvalue weighted by Gasteiger charge is -2.39. The summed E-state index contributed by atoms with van der Waals surface area (Å²) in [6, 6.07) is -0.397. The maximum absolute atomic E-state index is 12.1. The quantitative estimate of drug-likeness (QED) is 0.834. The third-order valence-electron chi connectivity index (χ3n) is 4.25. The van der Waals surface area contributed by atoms with E-state index in [4.69, 9.17) is 5.11 Å². The van der Waals surface area contributed by atoms with E-state index in [1.165, 1.54) is 0 Å².